The molecule has 2 heterocycles. The van der Waals surface area contributed by atoms with Gasteiger partial charge in [0, 0.05) is 31.2 Å². The standard InChI is InChI=1S/C12H15F3N2/c1-8(2)17-6-5-10-9(7-17)3-4-11(16-10)12(13,14)15/h3-4,8H,5-7H2,1-2H3. The molecular formula is C12H15F3N2. The number of nitrogens with zero attached hydrogens (tertiary/aromatic N) is 2. The topological polar surface area (TPSA) is 16.1 Å². The number of aromatic nitrogens is 1. The first kappa shape index (κ1) is 12.4. The van der Waals surface area contributed by atoms with E-state index in [1.807, 2.05) is 0 Å². The van der Waals surface area contributed by atoms with Gasteiger partial charge in [0.15, 0.2) is 0 Å². The summed E-state index contributed by atoms with van der Waals surface area (Å²) in [4.78, 5) is 5.96. The quantitative estimate of drug-likeness (QED) is 0.755. The minimum absolute atomic E-state index is 0.408. The Morgan fingerprint density at radius 3 is 2.59 bits per heavy atom. The number of fused-ring (bicyclic) bond motifs is 1. The van der Waals surface area contributed by atoms with Crippen LogP contribution in [0.3, 0.4) is 0 Å². The predicted molar refractivity (Wildman–Crippen MR) is 58.5 cm³/mol. The Bertz CT molecular complexity index is 413. The van der Waals surface area contributed by atoms with E-state index >= 15 is 0 Å². The summed E-state index contributed by atoms with van der Waals surface area (Å²) in [6.07, 6.45) is -3.75. The molecule has 0 amide bonds. The largest absolute Gasteiger partial charge is 0.433 e. The van der Waals surface area contributed by atoms with Crippen LogP contribution in [0.15, 0.2) is 12.1 Å². The van der Waals surface area contributed by atoms with Crippen molar-refractivity contribution < 1.29 is 13.2 Å². The molecule has 0 aliphatic carbocycles. The molecule has 0 saturated carbocycles. The Morgan fingerprint density at radius 1 is 1.29 bits per heavy atom. The lowest BCUT2D eigenvalue weighted by Gasteiger charge is -2.31. The highest BCUT2D eigenvalue weighted by molar-refractivity contribution is 5.26. The summed E-state index contributed by atoms with van der Waals surface area (Å²) in [6.45, 7) is 5.64. The maximum Gasteiger partial charge on any atom is 0.433 e. The van der Waals surface area contributed by atoms with Gasteiger partial charge in [0.05, 0.1) is 0 Å². The van der Waals surface area contributed by atoms with Crippen molar-refractivity contribution in [3.8, 4) is 0 Å². The van der Waals surface area contributed by atoms with Crippen molar-refractivity contribution in [1.29, 1.82) is 0 Å². The minimum Gasteiger partial charge on any atom is -0.296 e. The van der Waals surface area contributed by atoms with E-state index in [9.17, 15) is 13.2 Å². The van der Waals surface area contributed by atoms with Gasteiger partial charge in [-0.05, 0) is 25.5 Å². The van der Waals surface area contributed by atoms with Crippen LogP contribution in [0.2, 0.25) is 0 Å². The van der Waals surface area contributed by atoms with Crippen LogP contribution in [-0.2, 0) is 19.1 Å². The highest BCUT2D eigenvalue weighted by Gasteiger charge is 2.33. The summed E-state index contributed by atoms with van der Waals surface area (Å²) in [5, 5.41) is 0. The first-order valence-electron chi connectivity index (χ1n) is 5.68. The number of pyridine rings is 1. The van der Waals surface area contributed by atoms with E-state index in [-0.39, 0.29) is 0 Å². The van der Waals surface area contributed by atoms with Crippen LogP contribution in [0, 0.1) is 0 Å². The van der Waals surface area contributed by atoms with E-state index in [4.69, 9.17) is 0 Å². The monoisotopic (exact) mass is 244 g/mol. The summed E-state index contributed by atoms with van der Waals surface area (Å²) < 4.78 is 37.5. The number of alkyl halides is 3. The third-order valence-corrected chi connectivity index (χ3v) is 3.10. The average Bonchev–Trinajstić information content (AvgIpc) is 2.26. The lowest BCUT2D eigenvalue weighted by atomic mass is 10.0. The van der Waals surface area contributed by atoms with Crippen molar-refractivity contribution in [3.63, 3.8) is 0 Å². The van der Waals surface area contributed by atoms with Crippen LogP contribution in [0.4, 0.5) is 13.2 Å². The zero-order chi connectivity index (χ0) is 12.6. The Balaban J connectivity index is 2.26. The van der Waals surface area contributed by atoms with Gasteiger partial charge < -0.3 is 0 Å². The number of halogens is 3. The fourth-order valence-electron chi connectivity index (χ4n) is 2.04. The van der Waals surface area contributed by atoms with Crippen LogP contribution < -0.4 is 0 Å². The van der Waals surface area contributed by atoms with Crippen molar-refractivity contribution in [3.05, 3.63) is 29.1 Å². The van der Waals surface area contributed by atoms with Crippen LogP contribution >= 0.6 is 0 Å². The Hall–Kier alpha value is -1.10. The molecule has 0 spiro atoms. The van der Waals surface area contributed by atoms with Crippen LogP contribution in [0.5, 0.6) is 0 Å². The fraction of sp³-hybridized carbons (Fsp3) is 0.583. The van der Waals surface area contributed by atoms with Crippen molar-refractivity contribution in [2.75, 3.05) is 6.54 Å². The maximum absolute atomic E-state index is 12.5. The summed E-state index contributed by atoms with van der Waals surface area (Å²) in [7, 11) is 0. The van der Waals surface area contributed by atoms with Crippen molar-refractivity contribution in [2.45, 2.75) is 39.0 Å². The lowest BCUT2D eigenvalue weighted by molar-refractivity contribution is -0.141. The van der Waals surface area contributed by atoms with Gasteiger partial charge in [-0.25, -0.2) is 4.98 Å². The zero-order valence-corrected chi connectivity index (χ0v) is 9.88. The molecule has 1 aliphatic rings. The Morgan fingerprint density at radius 2 is 2.00 bits per heavy atom. The van der Waals surface area contributed by atoms with E-state index < -0.39 is 11.9 Å². The second kappa shape index (κ2) is 4.29. The van der Waals surface area contributed by atoms with Gasteiger partial charge in [-0.3, -0.25) is 4.90 Å². The molecule has 2 nitrogen and oxygen atoms in total. The molecule has 1 aliphatic heterocycles. The molecule has 1 aromatic rings. The van der Waals surface area contributed by atoms with Crippen molar-refractivity contribution in [1.82, 2.24) is 9.88 Å². The summed E-state index contributed by atoms with van der Waals surface area (Å²) >= 11 is 0. The first-order chi connectivity index (χ1) is 7.88. The molecule has 0 N–H and O–H groups in total. The SMILES string of the molecule is CC(C)N1CCc2nc(C(F)(F)F)ccc2C1. The van der Waals surface area contributed by atoms with Gasteiger partial charge in [0.1, 0.15) is 5.69 Å². The molecular weight excluding hydrogens is 229 g/mol. The molecule has 17 heavy (non-hydrogen) atoms. The fourth-order valence-corrected chi connectivity index (χ4v) is 2.04. The van der Waals surface area contributed by atoms with Gasteiger partial charge >= 0.3 is 6.18 Å². The van der Waals surface area contributed by atoms with E-state index in [0.717, 1.165) is 18.2 Å². The Labute approximate surface area is 98.5 Å². The number of rotatable bonds is 1. The molecule has 0 unspecified atom stereocenters. The number of hydrogen-bond donors (Lipinski definition) is 0. The predicted octanol–water partition coefficient (Wildman–Crippen LogP) is 2.87. The van der Waals surface area contributed by atoms with Gasteiger partial charge in [-0.15, -0.1) is 0 Å². The van der Waals surface area contributed by atoms with E-state index in [1.54, 1.807) is 6.07 Å². The van der Waals surface area contributed by atoms with E-state index in [1.165, 1.54) is 0 Å². The summed E-state index contributed by atoms with van der Waals surface area (Å²) in [6, 6.07) is 3.04. The molecule has 2 rings (SSSR count). The van der Waals surface area contributed by atoms with Gasteiger partial charge in [-0.1, -0.05) is 6.07 Å². The smallest absolute Gasteiger partial charge is 0.296 e. The minimum atomic E-state index is -4.34. The molecule has 0 radical (unpaired) electrons. The molecule has 0 aromatic carbocycles. The maximum atomic E-state index is 12.5. The van der Waals surface area contributed by atoms with Crippen molar-refractivity contribution in [2.24, 2.45) is 0 Å². The molecule has 0 bridgehead atoms. The molecule has 94 valence electrons. The molecule has 5 heteroatoms. The van der Waals surface area contributed by atoms with Crippen LogP contribution in [-0.4, -0.2) is 22.5 Å². The third kappa shape index (κ3) is 2.60. The highest BCUT2D eigenvalue weighted by atomic mass is 19.4. The molecule has 0 fully saturated rings. The summed E-state index contributed by atoms with van der Waals surface area (Å²) in [5.74, 6) is 0. The van der Waals surface area contributed by atoms with Gasteiger partial charge in [0.2, 0.25) is 0 Å². The highest BCUT2D eigenvalue weighted by Crippen LogP contribution is 2.29. The van der Waals surface area contributed by atoms with Gasteiger partial charge in [-0.2, -0.15) is 13.2 Å². The molecule has 0 atom stereocenters. The summed E-state index contributed by atoms with van der Waals surface area (Å²) in [5.41, 5.74) is 0.726. The van der Waals surface area contributed by atoms with E-state index in [2.05, 4.69) is 23.7 Å². The Kier molecular flexibility index (Phi) is 3.12. The normalized spacial score (nSPS) is 17.3. The average molecular weight is 244 g/mol. The van der Waals surface area contributed by atoms with E-state index in [0.29, 0.717) is 24.7 Å². The second-order valence-electron chi connectivity index (χ2n) is 4.61. The number of hydrogen-bond acceptors (Lipinski definition) is 2. The van der Waals surface area contributed by atoms with Gasteiger partial charge in [0.25, 0.3) is 0 Å². The lowest BCUT2D eigenvalue weighted by Crippen LogP contribution is -2.36. The molecule has 0 saturated heterocycles. The van der Waals surface area contributed by atoms with Crippen molar-refractivity contribution >= 4 is 0 Å². The first-order valence-corrected chi connectivity index (χ1v) is 5.68. The van der Waals surface area contributed by atoms with Crippen LogP contribution in [0.1, 0.15) is 30.8 Å². The molecule has 1 aromatic heterocycles. The third-order valence-electron chi connectivity index (χ3n) is 3.10. The van der Waals surface area contributed by atoms with Crippen LogP contribution in [0.25, 0.3) is 0 Å². The zero-order valence-electron chi connectivity index (χ0n) is 9.88. The second-order valence-corrected chi connectivity index (χ2v) is 4.61.